The molecule has 5 heteroatoms. The van der Waals surface area contributed by atoms with E-state index in [1.54, 1.807) is 12.4 Å². The van der Waals surface area contributed by atoms with Gasteiger partial charge >= 0.3 is 0 Å². The number of nitrogens with two attached hydrogens (primary N) is 1. The maximum Gasteiger partial charge on any atom is 0.138 e. The first-order valence-electron chi connectivity index (χ1n) is 7.41. The van der Waals surface area contributed by atoms with Crippen LogP contribution in [0.5, 0.6) is 5.75 Å². The predicted molar refractivity (Wildman–Crippen MR) is 82.2 cm³/mol. The van der Waals surface area contributed by atoms with E-state index in [4.69, 9.17) is 15.5 Å². The molecule has 0 radical (unpaired) electrons. The Balaban J connectivity index is 1.99. The summed E-state index contributed by atoms with van der Waals surface area (Å²) in [4.78, 5) is 13.4. The zero-order chi connectivity index (χ0) is 14.8. The van der Waals surface area contributed by atoms with Crippen LogP contribution in [0.15, 0.2) is 18.5 Å². The minimum atomic E-state index is 0.471. The van der Waals surface area contributed by atoms with E-state index in [0.29, 0.717) is 18.3 Å². The molecular weight excluding hydrogens is 264 g/mol. The molecule has 1 fully saturated rings. The molecule has 0 spiro atoms. The van der Waals surface area contributed by atoms with Gasteiger partial charge in [-0.15, -0.1) is 0 Å². The molecular formula is C16H20N4O. The van der Waals surface area contributed by atoms with Crippen molar-refractivity contribution in [3.05, 3.63) is 29.8 Å². The fraction of sp³-hybridized carbons (Fsp3) is 0.438. The Kier molecular flexibility index (Phi) is 3.73. The first-order chi connectivity index (χ1) is 10.2. The lowest BCUT2D eigenvalue weighted by atomic mass is 10.1. The van der Waals surface area contributed by atoms with E-state index in [1.807, 2.05) is 13.0 Å². The Hall–Kier alpha value is -2.17. The van der Waals surface area contributed by atoms with Crippen molar-refractivity contribution in [2.45, 2.75) is 39.0 Å². The highest BCUT2D eigenvalue weighted by molar-refractivity contribution is 5.67. The van der Waals surface area contributed by atoms with Gasteiger partial charge in [0.1, 0.15) is 17.4 Å². The molecule has 2 heterocycles. The third kappa shape index (κ3) is 2.96. The second kappa shape index (κ2) is 5.68. The number of aromatic nitrogens is 3. The van der Waals surface area contributed by atoms with Crippen LogP contribution < -0.4 is 10.5 Å². The SMILES string of the molecule is CCCOc1cncc(-c2nc(C3CC3)nc(N)c2C)c1. The van der Waals surface area contributed by atoms with Gasteiger partial charge in [0, 0.05) is 23.2 Å². The lowest BCUT2D eigenvalue weighted by molar-refractivity contribution is 0.316. The van der Waals surface area contributed by atoms with E-state index in [0.717, 1.165) is 47.7 Å². The maximum absolute atomic E-state index is 6.04. The Morgan fingerprint density at radius 2 is 2.10 bits per heavy atom. The van der Waals surface area contributed by atoms with Crippen molar-refractivity contribution in [2.24, 2.45) is 0 Å². The van der Waals surface area contributed by atoms with Crippen LogP contribution in [-0.2, 0) is 0 Å². The van der Waals surface area contributed by atoms with Gasteiger partial charge in [-0.1, -0.05) is 6.92 Å². The summed E-state index contributed by atoms with van der Waals surface area (Å²) in [5.74, 6) is 2.65. The van der Waals surface area contributed by atoms with Crippen molar-refractivity contribution in [3.63, 3.8) is 0 Å². The molecule has 0 saturated heterocycles. The van der Waals surface area contributed by atoms with Crippen LogP contribution in [0.3, 0.4) is 0 Å². The molecule has 2 aromatic heterocycles. The molecule has 0 atom stereocenters. The number of hydrogen-bond donors (Lipinski definition) is 1. The Morgan fingerprint density at radius 3 is 2.81 bits per heavy atom. The maximum atomic E-state index is 6.04. The van der Waals surface area contributed by atoms with Crippen molar-refractivity contribution in [3.8, 4) is 17.0 Å². The molecule has 1 saturated carbocycles. The third-order valence-corrected chi connectivity index (χ3v) is 3.60. The first kappa shape index (κ1) is 13.8. The van der Waals surface area contributed by atoms with Gasteiger partial charge in [0.15, 0.2) is 0 Å². The zero-order valence-corrected chi connectivity index (χ0v) is 12.5. The summed E-state index contributed by atoms with van der Waals surface area (Å²) in [5, 5.41) is 0. The van der Waals surface area contributed by atoms with Crippen LogP contribution in [-0.4, -0.2) is 21.6 Å². The largest absolute Gasteiger partial charge is 0.492 e. The van der Waals surface area contributed by atoms with Gasteiger partial charge in [-0.25, -0.2) is 9.97 Å². The van der Waals surface area contributed by atoms with E-state index in [1.165, 1.54) is 0 Å². The van der Waals surface area contributed by atoms with E-state index in [2.05, 4.69) is 16.9 Å². The number of anilines is 1. The van der Waals surface area contributed by atoms with Crippen molar-refractivity contribution >= 4 is 5.82 Å². The number of pyridine rings is 1. The summed E-state index contributed by atoms with van der Waals surface area (Å²) in [5.41, 5.74) is 8.72. The minimum absolute atomic E-state index is 0.471. The van der Waals surface area contributed by atoms with Crippen LogP contribution in [0.1, 0.15) is 43.5 Å². The molecule has 5 nitrogen and oxygen atoms in total. The summed E-state index contributed by atoms with van der Waals surface area (Å²) >= 11 is 0. The third-order valence-electron chi connectivity index (χ3n) is 3.60. The number of nitrogens with zero attached hydrogens (tertiary/aromatic N) is 3. The van der Waals surface area contributed by atoms with Crippen LogP contribution >= 0.6 is 0 Å². The average Bonchev–Trinajstić information content (AvgIpc) is 3.33. The highest BCUT2D eigenvalue weighted by atomic mass is 16.5. The summed E-state index contributed by atoms with van der Waals surface area (Å²) in [7, 11) is 0. The minimum Gasteiger partial charge on any atom is -0.492 e. The molecule has 2 aromatic rings. The molecule has 0 unspecified atom stereocenters. The zero-order valence-electron chi connectivity index (χ0n) is 12.5. The van der Waals surface area contributed by atoms with Crippen molar-refractivity contribution in [2.75, 3.05) is 12.3 Å². The number of hydrogen-bond acceptors (Lipinski definition) is 5. The molecule has 0 amide bonds. The first-order valence-corrected chi connectivity index (χ1v) is 7.41. The van der Waals surface area contributed by atoms with E-state index < -0.39 is 0 Å². The molecule has 1 aliphatic carbocycles. The fourth-order valence-corrected chi connectivity index (χ4v) is 2.20. The predicted octanol–water partition coefficient (Wildman–Crippen LogP) is 3.10. The van der Waals surface area contributed by atoms with Gasteiger partial charge in [-0.2, -0.15) is 0 Å². The quantitative estimate of drug-likeness (QED) is 0.913. The highest BCUT2D eigenvalue weighted by Crippen LogP contribution is 2.39. The number of ether oxygens (including phenoxy) is 1. The number of nitrogen functional groups attached to an aromatic ring is 1. The van der Waals surface area contributed by atoms with Gasteiger partial charge in [0.2, 0.25) is 0 Å². The summed E-state index contributed by atoms with van der Waals surface area (Å²) in [6.07, 6.45) is 6.79. The van der Waals surface area contributed by atoms with Crippen molar-refractivity contribution in [1.82, 2.24) is 15.0 Å². The summed E-state index contributed by atoms with van der Waals surface area (Å²) < 4.78 is 5.64. The average molecular weight is 284 g/mol. The van der Waals surface area contributed by atoms with Crippen LogP contribution in [0.25, 0.3) is 11.3 Å². The molecule has 0 aliphatic heterocycles. The Morgan fingerprint density at radius 1 is 1.29 bits per heavy atom. The van der Waals surface area contributed by atoms with E-state index >= 15 is 0 Å². The second-order valence-corrected chi connectivity index (χ2v) is 5.47. The molecule has 0 aromatic carbocycles. The number of rotatable bonds is 5. The molecule has 0 bridgehead atoms. The van der Waals surface area contributed by atoms with Gasteiger partial charge < -0.3 is 10.5 Å². The second-order valence-electron chi connectivity index (χ2n) is 5.47. The molecule has 2 N–H and O–H groups in total. The van der Waals surface area contributed by atoms with Crippen LogP contribution in [0, 0.1) is 6.92 Å². The summed E-state index contributed by atoms with van der Waals surface area (Å²) in [6, 6.07) is 1.97. The topological polar surface area (TPSA) is 73.9 Å². The Bertz CT molecular complexity index is 653. The standard InChI is InChI=1S/C16H20N4O/c1-3-6-21-13-7-12(8-18-9-13)14-10(2)15(17)20-16(19-14)11-4-5-11/h7-9,11H,3-6H2,1-2H3,(H2,17,19,20). The monoisotopic (exact) mass is 284 g/mol. The van der Waals surface area contributed by atoms with Crippen molar-refractivity contribution < 1.29 is 4.74 Å². The normalized spacial score (nSPS) is 14.2. The van der Waals surface area contributed by atoms with E-state index in [-0.39, 0.29) is 0 Å². The van der Waals surface area contributed by atoms with Gasteiger partial charge in [0.25, 0.3) is 0 Å². The van der Waals surface area contributed by atoms with Gasteiger partial charge in [0.05, 0.1) is 18.5 Å². The molecule has 1 aliphatic rings. The Labute approximate surface area is 124 Å². The smallest absolute Gasteiger partial charge is 0.138 e. The van der Waals surface area contributed by atoms with Crippen LogP contribution in [0.4, 0.5) is 5.82 Å². The lowest BCUT2D eigenvalue weighted by Gasteiger charge is -2.11. The van der Waals surface area contributed by atoms with Gasteiger partial charge in [-0.3, -0.25) is 4.98 Å². The molecule has 110 valence electrons. The fourth-order valence-electron chi connectivity index (χ4n) is 2.20. The van der Waals surface area contributed by atoms with Crippen molar-refractivity contribution in [1.29, 1.82) is 0 Å². The van der Waals surface area contributed by atoms with Crippen LogP contribution in [0.2, 0.25) is 0 Å². The molecule has 3 rings (SSSR count). The highest BCUT2D eigenvalue weighted by Gasteiger charge is 2.28. The van der Waals surface area contributed by atoms with Gasteiger partial charge in [-0.05, 0) is 32.3 Å². The lowest BCUT2D eigenvalue weighted by Crippen LogP contribution is -2.04. The molecule has 21 heavy (non-hydrogen) atoms. The summed E-state index contributed by atoms with van der Waals surface area (Å²) in [6.45, 7) is 4.71. The van der Waals surface area contributed by atoms with E-state index in [9.17, 15) is 0 Å².